The number of benzene rings is 1. The van der Waals surface area contributed by atoms with Crippen molar-refractivity contribution in [1.82, 2.24) is 4.90 Å². The first-order valence-corrected chi connectivity index (χ1v) is 6.29. The average Bonchev–Trinajstić information content (AvgIpc) is 2.33. The SMILES string of the molecule is CN1C(=O)CC=C2c3ccc(Cl)cc3CCC21. The van der Waals surface area contributed by atoms with Crippen molar-refractivity contribution in [2.24, 2.45) is 0 Å². The van der Waals surface area contributed by atoms with Gasteiger partial charge >= 0.3 is 0 Å². The van der Waals surface area contributed by atoms with E-state index in [-0.39, 0.29) is 11.9 Å². The van der Waals surface area contributed by atoms with Crippen molar-refractivity contribution in [3.63, 3.8) is 0 Å². The maximum atomic E-state index is 11.7. The molecule has 0 N–H and O–H groups in total. The molecule has 2 aliphatic rings. The van der Waals surface area contributed by atoms with Gasteiger partial charge in [0.2, 0.25) is 5.91 Å². The Morgan fingerprint density at radius 3 is 3.06 bits per heavy atom. The summed E-state index contributed by atoms with van der Waals surface area (Å²) in [6, 6.07) is 6.31. The number of aryl methyl sites for hydroxylation is 1. The van der Waals surface area contributed by atoms with Crippen LogP contribution in [0, 0.1) is 0 Å². The second-order valence-corrected chi connectivity index (χ2v) is 5.16. The van der Waals surface area contributed by atoms with E-state index in [9.17, 15) is 4.79 Å². The molecule has 1 atom stereocenters. The van der Waals surface area contributed by atoms with Gasteiger partial charge in [-0.15, -0.1) is 0 Å². The van der Waals surface area contributed by atoms with E-state index < -0.39 is 0 Å². The summed E-state index contributed by atoms with van der Waals surface area (Å²) in [5, 5.41) is 0.794. The van der Waals surface area contributed by atoms with Crippen LogP contribution in [-0.4, -0.2) is 23.9 Å². The third-order valence-electron chi connectivity index (χ3n) is 3.78. The Morgan fingerprint density at radius 1 is 1.41 bits per heavy atom. The number of amides is 1. The van der Waals surface area contributed by atoms with Crippen LogP contribution in [-0.2, 0) is 11.2 Å². The Kier molecular flexibility index (Phi) is 2.48. The minimum atomic E-state index is 0.219. The fourth-order valence-electron chi connectivity index (χ4n) is 2.84. The predicted molar refractivity (Wildman–Crippen MR) is 68.9 cm³/mol. The molecule has 1 amide bonds. The third-order valence-corrected chi connectivity index (χ3v) is 4.02. The van der Waals surface area contributed by atoms with Crippen molar-refractivity contribution >= 4 is 23.1 Å². The van der Waals surface area contributed by atoms with E-state index in [1.54, 1.807) is 0 Å². The van der Waals surface area contributed by atoms with Gasteiger partial charge in [0, 0.05) is 18.5 Å². The topological polar surface area (TPSA) is 20.3 Å². The van der Waals surface area contributed by atoms with Crippen LogP contribution < -0.4 is 0 Å². The number of rotatable bonds is 0. The summed E-state index contributed by atoms with van der Waals surface area (Å²) < 4.78 is 0. The molecule has 1 aliphatic heterocycles. The first kappa shape index (κ1) is 10.8. The maximum absolute atomic E-state index is 11.7. The van der Waals surface area contributed by atoms with Gasteiger partial charge in [-0.3, -0.25) is 4.79 Å². The Hall–Kier alpha value is -1.28. The standard InChI is InChI=1S/C14H14ClNO/c1-16-13-6-2-9-8-10(15)3-4-11(9)12(13)5-7-14(16)17/h3-5,8,13H,2,6-7H2,1H3. The second-order valence-electron chi connectivity index (χ2n) is 4.72. The lowest BCUT2D eigenvalue weighted by Gasteiger charge is -2.37. The van der Waals surface area contributed by atoms with E-state index in [0.717, 1.165) is 17.9 Å². The summed E-state index contributed by atoms with van der Waals surface area (Å²) in [6.45, 7) is 0. The van der Waals surface area contributed by atoms with Gasteiger partial charge in [-0.1, -0.05) is 23.7 Å². The molecule has 3 rings (SSSR count). The van der Waals surface area contributed by atoms with Crippen LogP contribution in [0.25, 0.3) is 5.57 Å². The molecule has 88 valence electrons. The molecule has 1 aliphatic carbocycles. The van der Waals surface area contributed by atoms with Crippen LogP contribution in [0.1, 0.15) is 24.0 Å². The van der Waals surface area contributed by atoms with Gasteiger partial charge in [0.25, 0.3) is 0 Å². The first-order valence-electron chi connectivity index (χ1n) is 5.91. The second kappa shape index (κ2) is 3.88. The molecule has 0 fully saturated rings. The number of halogens is 1. The number of fused-ring (bicyclic) bond motifs is 3. The van der Waals surface area contributed by atoms with Crippen LogP contribution >= 0.6 is 11.6 Å². The first-order chi connectivity index (χ1) is 8.16. The Labute approximate surface area is 106 Å². The van der Waals surface area contributed by atoms with Crippen molar-refractivity contribution in [2.45, 2.75) is 25.3 Å². The molecule has 2 nitrogen and oxygen atoms in total. The Morgan fingerprint density at radius 2 is 2.24 bits per heavy atom. The normalized spacial score (nSPS) is 22.9. The van der Waals surface area contributed by atoms with Crippen molar-refractivity contribution in [2.75, 3.05) is 7.05 Å². The zero-order valence-corrected chi connectivity index (χ0v) is 10.5. The van der Waals surface area contributed by atoms with Crippen LogP contribution in [0.3, 0.4) is 0 Å². The van der Waals surface area contributed by atoms with Crippen molar-refractivity contribution in [3.8, 4) is 0 Å². The van der Waals surface area contributed by atoms with Crippen LogP contribution in [0.5, 0.6) is 0 Å². The smallest absolute Gasteiger partial charge is 0.226 e. The molecule has 0 saturated heterocycles. The van der Waals surface area contributed by atoms with Gasteiger partial charge in [-0.25, -0.2) is 0 Å². The van der Waals surface area contributed by atoms with E-state index in [1.807, 2.05) is 24.1 Å². The van der Waals surface area contributed by atoms with Crippen LogP contribution in [0.2, 0.25) is 5.02 Å². The summed E-state index contributed by atoms with van der Waals surface area (Å²) in [4.78, 5) is 13.6. The minimum absolute atomic E-state index is 0.219. The number of nitrogens with zero attached hydrogens (tertiary/aromatic N) is 1. The molecule has 0 aromatic heterocycles. The van der Waals surface area contributed by atoms with Gasteiger partial charge in [-0.05, 0) is 41.7 Å². The molecule has 0 bridgehead atoms. The van der Waals surface area contributed by atoms with E-state index in [2.05, 4.69) is 12.1 Å². The quantitative estimate of drug-likeness (QED) is 0.690. The maximum Gasteiger partial charge on any atom is 0.226 e. The van der Waals surface area contributed by atoms with Crippen molar-refractivity contribution in [1.29, 1.82) is 0 Å². The van der Waals surface area contributed by atoms with Gasteiger partial charge in [0.1, 0.15) is 0 Å². The van der Waals surface area contributed by atoms with Gasteiger partial charge in [0.15, 0.2) is 0 Å². The summed E-state index contributed by atoms with van der Waals surface area (Å²) in [6.07, 6.45) is 4.60. The third kappa shape index (κ3) is 1.67. The lowest BCUT2D eigenvalue weighted by Crippen LogP contribution is -2.42. The summed E-state index contributed by atoms with van der Waals surface area (Å²) in [5.74, 6) is 0.219. The number of hydrogen-bond donors (Lipinski definition) is 0. The lowest BCUT2D eigenvalue weighted by atomic mass is 9.81. The molecule has 1 heterocycles. The number of carbonyl (C=O) groups is 1. The van der Waals surface area contributed by atoms with Gasteiger partial charge < -0.3 is 4.90 Å². The largest absolute Gasteiger partial charge is 0.338 e. The molecule has 0 spiro atoms. The van der Waals surface area contributed by atoms with E-state index in [1.165, 1.54) is 16.7 Å². The molecular formula is C14H14ClNO. The summed E-state index contributed by atoms with van der Waals surface area (Å²) in [5.41, 5.74) is 3.87. The van der Waals surface area contributed by atoms with Crippen LogP contribution in [0.4, 0.5) is 0 Å². The molecule has 1 unspecified atom stereocenters. The zero-order chi connectivity index (χ0) is 12.0. The monoisotopic (exact) mass is 247 g/mol. The van der Waals surface area contributed by atoms with Crippen LogP contribution in [0.15, 0.2) is 24.3 Å². The highest BCUT2D eigenvalue weighted by Gasteiger charge is 2.32. The van der Waals surface area contributed by atoms with Gasteiger partial charge in [0.05, 0.1) is 6.04 Å². The Balaban J connectivity index is 2.10. The van der Waals surface area contributed by atoms with E-state index >= 15 is 0 Å². The number of likely N-dealkylation sites (N-methyl/N-ethyl adjacent to an activating group) is 1. The summed E-state index contributed by atoms with van der Waals surface area (Å²) >= 11 is 6.02. The summed E-state index contributed by atoms with van der Waals surface area (Å²) in [7, 11) is 1.90. The minimum Gasteiger partial charge on any atom is -0.338 e. The Bertz CT molecular complexity index is 521. The number of hydrogen-bond acceptors (Lipinski definition) is 1. The lowest BCUT2D eigenvalue weighted by molar-refractivity contribution is -0.130. The highest BCUT2D eigenvalue weighted by Crippen LogP contribution is 2.37. The van der Waals surface area contributed by atoms with E-state index in [0.29, 0.717) is 6.42 Å². The zero-order valence-electron chi connectivity index (χ0n) is 9.74. The molecule has 0 radical (unpaired) electrons. The fourth-order valence-corrected chi connectivity index (χ4v) is 3.04. The molecule has 1 aromatic carbocycles. The van der Waals surface area contributed by atoms with E-state index in [4.69, 9.17) is 11.6 Å². The highest BCUT2D eigenvalue weighted by molar-refractivity contribution is 6.30. The highest BCUT2D eigenvalue weighted by atomic mass is 35.5. The molecular weight excluding hydrogens is 234 g/mol. The fraction of sp³-hybridized carbons (Fsp3) is 0.357. The van der Waals surface area contributed by atoms with Gasteiger partial charge in [-0.2, -0.15) is 0 Å². The number of carbonyl (C=O) groups excluding carboxylic acids is 1. The molecule has 3 heteroatoms. The molecule has 0 saturated carbocycles. The molecule has 17 heavy (non-hydrogen) atoms. The predicted octanol–water partition coefficient (Wildman–Crippen LogP) is 2.90. The average molecular weight is 248 g/mol. The van der Waals surface area contributed by atoms with Crippen molar-refractivity contribution in [3.05, 3.63) is 40.4 Å². The van der Waals surface area contributed by atoms with Crippen molar-refractivity contribution < 1.29 is 4.79 Å². The molecule has 1 aromatic rings.